The van der Waals surface area contributed by atoms with Crippen molar-refractivity contribution in [3.8, 4) is 11.5 Å². The van der Waals surface area contributed by atoms with Crippen molar-refractivity contribution in [1.29, 1.82) is 0 Å². The SMILES string of the molecule is COc1ccc(C(=O)NC2CC2)c(OC2CCN(Cc3sccc3C)CC2)c1. The van der Waals surface area contributed by atoms with Crippen molar-refractivity contribution >= 4 is 17.2 Å². The van der Waals surface area contributed by atoms with Crippen LogP contribution in [-0.2, 0) is 6.54 Å². The standard InChI is InChI=1S/C22H28N2O3S/c1-15-9-12-28-21(15)14-24-10-7-17(8-11-24)27-20-13-18(26-2)5-6-19(20)22(25)23-16-3-4-16/h5-6,9,12-13,16-17H,3-4,7-8,10-11,14H2,1-2H3,(H,23,25). The summed E-state index contributed by atoms with van der Waals surface area (Å²) in [6, 6.07) is 7.98. The maximum absolute atomic E-state index is 12.6. The van der Waals surface area contributed by atoms with Crippen LogP contribution in [0.15, 0.2) is 29.6 Å². The van der Waals surface area contributed by atoms with Crippen molar-refractivity contribution in [2.45, 2.75) is 51.3 Å². The van der Waals surface area contributed by atoms with Crippen LogP contribution in [0.3, 0.4) is 0 Å². The van der Waals surface area contributed by atoms with Crippen LogP contribution in [0.5, 0.6) is 11.5 Å². The number of aryl methyl sites for hydroxylation is 1. The summed E-state index contributed by atoms with van der Waals surface area (Å²) in [6.45, 7) is 5.22. The van der Waals surface area contributed by atoms with E-state index in [1.165, 1.54) is 10.4 Å². The highest BCUT2D eigenvalue weighted by molar-refractivity contribution is 7.10. The van der Waals surface area contributed by atoms with Gasteiger partial charge in [-0.15, -0.1) is 11.3 Å². The molecule has 1 amide bonds. The molecule has 150 valence electrons. The molecule has 1 aliphatic heterocycles. The first-order valence-electron chi connectivity index (χ1n) is 10.0. The smallest absolute Gasteiger partial charge is 0.255 e. The quantitative estimate of drug-likeness (QED) is 0.763. The Morgan fingerprint density at radius 3 is 2.64 bits per heavy atom. The van der Waals surface area contributed by atoms with Crippen LogP contribution < -0.4 is 14.8 Å². The van der Waals surface area contributed by atoms with Gasteiger partial charge in [-0.3, -0.25) is 9.69 Å². The third kappa shape index (κ3) is 4.67. The molecule has 0 radical (unpaired) electrons. The second-order valence-corrected chi connectivity index (χ2v) is 8.73. The number of methoxy groups -OCH3 is 1. The Bertz CT molecular complexity index is 823. The van der Waals surface area contributed by atoms with Crippen molar-refractivity contribution in [3.05, 3.63) is 45.6 Å². The lowest BCUT2D eigenvalue weighted by Gasteiger charge is -2.32. The predicted molar refractivity (Wildman–Crippen MR) is 111 cm³/mol. The first kappa shape index (κ1) is 19.3. The van der Waals surface area contributed by atoms with E-state index in [1.807, 2.05) is 23.5 Å². The fourth-order valence-electron chi connectivity index (χ4n) is 3.54. The lowest BCUT2D eigenvalue weighted by molar-refractivity contribution is 0.0891. The molecule has 6 heteroatoms. The Labute approximate surface area is 170 Å². The number of amides is 1. The van der Waals surface area contributed by atoms with Gasteiger partial charge in [0.2, 0.25) is 0 Å². The minimum absolute atomic E-state index is 0.0502. The average molecular weight is 401 g/mol. The van der Waals surface area contributed by atoms with Crippen LogP contribution in [0.2, 0.25) is 0 Å². The summed E-state index contributed by atoms with van der Waals surface area (Å²) >= 11 is 1.83. The van der Waals surface area contributed by atoms with E-state index in [9.17, 15) is 4.79 Å². The highest BCUT2D eigenvalue weighted by Crippen LogP contribution is 2.29. The van der Waals surface area contributed by atoms with Crippen molar-refractivity contribution in [1.82, 2.24) is 10.2 Å². The monoisotopic (exact) mass is 400 g/mol. The molecule has 0 atom stereocenters. The van der Waals surface area contributed by atoms with Crippen molar-refractivity contribution in [2.75, 3.05) is 20.2 Å². The van der Waals surface area contributed by atoms with E-state index >= 15 is 0 Å². The summed E-state index contributed by atoms with van der Waals surface area (Å²) in [6.07, 6.45) is 4.19. The van der Waals surface area contributed by atoms with Gasteiger partial charge in [0, 0.05) is 36.6 Å². The third-order valence-electron chi connectivity index (χ3n) is 5.51. The highest BCUT2D eigenvalue weighted by atomic mass is 32.1. The predicted octanol–water partition coefficient (Wildman–Crippen LogP) is 4.00. The third-order valence-corrected chi connectivity index (χ3v) is 6.52. The molecule has 1 saturated carbocycles. The van der Waals surface area contributed by atoms with Gasteiger partial charge in [0.05, 0.1) is 12.7 Å². The molecular weight excluding hydrogens is 372 g/mol. The zero-order valence-electron chi connectivity index (χ0n) is 16.6. The van der Waals surface area contributed by atoms with Gasteiger partial charge < -0.3 is 14.8 Å². The number of nitrogens with zero attached hydrogens (tertiary/aromatic N) is 1. The van der Waals surface area contributed by atoms with Crippen LogP contribution in [0.1, 0.15) is 46.5 Å². The molecule has 28 heavy (non-hydrogen) atoms. The first-order valence-corrected chi connectivity index (χ1v) is 10.9. The summed E-state index contributed by atoms with van der Waals surface area (Å²) in [7, 11) is 1.63. The van der Waals surface area contributed by atoms with E-state index in [0.717, 1.165) is 45.3 Å². The molecule has 2 aromatic rings. The van der Waals surface area contributed by atoms with Gasteiger partial charge in [0.1, 0.15) is 17.6 Å². The van der Waals surface area contributed by atoms with Crippen LogP contribution in [0.25, 0.3) is 0 Å². The number of benzene rings is 1. The molecule has 1 aromatic heterocycles. The first-order chi connectivity index (χ1) is 13.6. The molecule has 1 N–H and O–H groups in total. The Kier molecular flexibility index (Phi) is 5.87. The number of likely N-dealkylation sites (tertiary alicyclic amines) is 1. The summed E-state index contributed by atoms with van der Waals surface area (Å²) in [4.78, 5) is 16.5. The molecule has 0 unspecified atom stereocenters. The molecule has 1 aliphatic carbocycles. The summed E-state index contributed by atoms with van der Waals surface area (Å²) in [5.41, 5.74) is 1.98. The average Bonchev–Trinajstić information content (AvgIpc) is 3.43. The summed E-state index contributed by atoms with van der Waals surface area (Å²) in [5.74, 6) is 1.29. The zero-order valence-corrected chi connectivity index (χ0v) is 17.4. The molecule has 2 aliphatic rings. The Morgan fingerprint density at radius 2 is 2.00 bits per heavy atom. The molecule has 5 nitrogen and oxygen atoms in total. The Balaban J connectivity index is 1.38. The van der Waals surface area contributed by atoms with Crippen LogP contribution in [-0.4, -0.2) is 43.2 Å². The Morgan fingerprint density at radius 1 is 1.21 bits per heavy atom. The topological polar surface area (TPSA) is 50.8 Å². The van der Waals surface area contributed by atoms with Crippen LogP contribution >= 0.6 is 11.3 Å². The van der Waals surface area contributed by atoms with E-state index in [-0.39, 0.29) is 12.0 Å². The number of carbonyl (C=O) groups excluding carboxylic acids is 1. The molecule has 4 rings (SSSR count). The maximum Gasteiger partial charge on any atom is 0.255 e. The fraction of sp³-hybridized carbons (Fsp3) is 0.500. The molecule has 1 saturated heterocycles. The number of carbonyl (C=O) groups is 1. The second-order valence-electron chi connectivity index (χ2n) is 7.73. The number of ether oxygens (including phenoxy) is 2. The summed E-state index contributed by atoms with van der Waals surface area (Å²) in [5, 5.41) is 5.22. The molecule has 2 heterocycles. The van der Waals surface area contributed by atoms with E-state index in [0.29, 0.717) is 23.1 Å². The number of nitrogens with one attached hydrogen (secondary N) is 1. The largest absolute Gasteiger partial charge is 0.497 e. The Hall–Kier alpha value is -2.05. The van der Waals surface area contributed by atoms with Gasteiger partial charge in [-0.1, -0.05) is 0 Å². The molecule has 1 aromatic carbocycles. The lowest BCUT2D eigenvalue weighted by atomic mass is 10.1. The van der Waals surface area contributed by atoms with Gasteiger partial charge in [-0.05, 0) is 61.7 Å². The second kappa shape index (κ2) is 8.53. The van der Waals surface area contributed by atoms with Crippen LogP contribution in [0.4, 0.5) is 0 Å². The minimum atomic E-state index is -0.0502. The molecular formula is C22H28N2O3S. The summed E-state index contributed by atoms with van der Waals surface area (Å²) < 4.78 is 11.6. The van der Waals surface area contributed by atoms with Crippen LogP contribution in [0, 0.1) is 6.92 Å². The zero-order chi connectivity index (χ0) is 19.5. The maximum atomic E-state index is 12.6. The van der Waals surface area contributed by atoms with Gasteiger partial charge in [-0.25, -0.2) is 0 Å². The van der Waals surface area contributed by atoms with Gasteiger partial charge in [0.15, 0.2) is 0 Å². The number of rotatable bonds is 7. The van der Waals surface area contributed by atoms with Crippen molar-refractivity contribution < 1.29 is 14.3 Å². The highest BCUT2D eigenvalue weighted by Gasteiger charge is 2.27. The molecule has 0 bridgehead atoms. The van der Waals surface area contributed by atoms with Crippen molar-refractivity contribution in [2.24, 2.45) is 0 Å². The number of hydrogen-bond acceptors (Lipinski definition) is 5. The minimum Gasteiger partial charge on any atom is -0.497 e. The number of hydrogen-bond donors (Lipinski definition) is 1. The van der Waals surface area contributed by atoms with E-state index in [4.69, 9.17) is 9.47 Å². The van der Waals surface area contributed by atoms with Gasteiger partial charge in [-0.2, -0.15) is 0 Å². The number of thiophene rings is 1. The van der Waals surface area contributed by atoms with Crippen molar-refractivity contribution in [3.63, 3.8) is 0 Å². The normalized spacial score (nSPS) is 18.1. The van der Waals surface area contributed by atoms with E-state index in [2.05, 4.69) is 28.6 Å². The fourth-order valence-corrected chi connectivity index (χ4v) is 4.49. The van der Waals surface area contributed by atoms with E-state index in [1.54, 1.807) is 13.2 Å². The molecule has 0 spiro atoms. The van der Waals surface area contributed by atoms with Gasteiger partial charge in [0.25, 0.3) is 5.91 Å². The van der Waals surface area contributed by atoms with E-state index < -0.39 is 0 Å². The number of piperidine rings is 1. The lowest BCUT2D eigenvalue weighted by Crippen LogP contribution is -2.38. The van der Waals surface area contributed by atoms with Gasteiger partial charge >= 0.3 is 0 Å². The molecule has 2 fully saturated rings.